The van der Waals surface area contributed by atoms with Crippen molar-refractivity contribution >= 4 is 0 Å². The molecule has 4 nitrogen and oxygen atoms in total. The minimum absolute atomic E-state index is 0.569. The monoisotopic (exact) mass is 240 g/mol. The Hall–Kier alpha value is -0.840. The van der Waals surface area contributed by atoms with Gasteiger partial charge in [0.25, 0.3) is 0 Å². The van der Waals surface area contributed by atoms with Crippen LogP contribution in [0.5, 0.6) is 0 Å². The number of nitrogens with zero attached hydrogens (tertiary/aromatic N) is 1. The maximum Gasteiger partial charge on any atom is 0.129 e. The number of hydrogen-bond acceptors (Lipinski definition) is 4. The molecule has 0 radical (unpaired) electrons. The number of ether oxygens (including phenoxy) is 1. The highest BCUT2D eigenvalue weighted by molar-refractivity contribution is 5.11. The summed E-state index contributed by atoms with van der Waals surface area (Å²) in [5, 5.41) is 3.26. The van der Waals surface area contributed by atoms with Gasteiger partial charge in [-0.2, -0.15) is 0 Å². The molecule has 1 heterocycles. The van der Waals surface area contributed by atoms with Crippen LogP contribution in [0.25, 0.3) is 0 Å². The topological polar surface area (TPSA) is 37.6 Å². The van der Waals surface area contributed by atoms with Crippen LogP contribution in [0.2, 0.25) is 0 Å². The van der Waals surface area contributed by atoms with E-state index in [1.807, 2.05) is 0 Å². The van der Waals surface area contributed by atoms with Crippen molar-refractivity contribution in [3.8, 4) is 0 Å². The standard InChI is InChI=1S/C13H24N2O2/c1-4-14-9-12-8-13(17-10-12)11-16-7-5-6-15(2)3/h8,10,14H,4-7,9,11H2,1-3H3. The Morgan fingerprint density at radius 1 is 1.41 bits per heavy atom. The van der Waals surface area contributed by atoms with Crippen molar-refractivity contribution in [3.63, 3.8) is 0 Å². The molecule has 17 heavy (non-hydrogen) atoms. The quantitative estimate of drug-likeness (QED) is 0.669. The Morgan fingerprint density at radius 2 is 2.24 bits per heavy atom. The minimum Gasteiger partial charge on any atom is -0.467 e. The summed E-state index contributed by atoms with van der Waals surface area (Å²) in [5.74, 6) is 0.905. The van der Waals surface area contributed by atoms with Crippen molar-refractivity contribution in [2.45, 2.75) is 26.5 Å². The van der Waals surface area contributed by atoms with E-state index in [2.05, 4.69) is 37.3 Å². The van der Waals surface area contributed by atoms with Crippen LogP contribution < -0.4 is 5.32 Å². The van der Waals surface area contributed by atoms with Crippen LogP contribution in [0.3, 0.4) is 0 Å². The van der Waals surface area contributed by atoms with Crippen molar-refractivity contribution in [2.75, 3.05) is 33.8 Å². The summed E-state index contributed by atoms with van der Waals surface area (Å²) in [4.78, 5) is 2.16. The van der Waals surface area contributed by atoms with Gasteiger partial charge in [0.05, 0.1) is 6.26 Å². The molecule has 1 rings (SSSR count). The summed E-state index contributed by atoms with van der Waals surface area (Å²) >= 11 is 0. The van der Waals surface area contributed by atoms with E-state index in [4.69, 9.17) is 9.15 Å². The molecule has 0 saturated heterocycles. The smallest absolute Gasteiger partial charge is 0.129 e. The van der Waals surface area contributed by atoms with Crippen molar-refractivity contribution in [1.29, 1.82) is 0 Å². The summed E-state index contributed by atoms with van der Waals surface area (Å²) in [5.41, 5.74) is 1.18. The van der Waals surface area contributed by atoms with Crippen molar-refractivity contribution in [3.05, 3.63) is 23.7 Å². The molecule has 0 aliphatic carbocycles. The first-order valence-corrected chi connectivity index (χ1v) is 6.22. The zero-order valence-electron chi connectivity index (χ0n) is 11.2. The second kappa shape index (κ2) is 8.28. The lowest BCUT2D eigenvalue weighted by Gasteiger charge is -2.08. The second-order valence-corrected chi connectivity index (χ2v) is 4.41. The van der Waals surface area contributed by atoms with Crippen molar-refractivity contribution in [2.24, 2.45) is 0 Å². The maximum absolute atomic E-state index is 5.55. The highest BCUT2D eigenvalue weighted by Crippen LogP contribution is 2.09. The molecule has 1 N–H and O–H groups in total. The number of rotatable bonds is 9. The normalized spacial score (nSPS) is 11.3. The summed E-state index contributed by atoms with van der Waals surface area (Å²) in [6, 6.07) is 2.05. The van der Waals surface area contributed by atoms with Crippen molar-refractivity contribution < 1.29 is 9.15 Å². The van der Waals surface area contributed by atoms with Crippen molar-refractivity contribution in [1.82, 2.24) is 10.2 Å². The van der Waals surface area contributed by atoms with E-state index in [0.717, 1.165) is 38.4 Å². The number of nitrogens with one attached hydrogen (secondary N) is 1. The molecule has 0 aromatic carbocycles. The van der Waals surface area contributed by atoms with Crippen LogP contribution >= 0.6 is 0 Å². The van der Waals surface area contributed by atoms with Gasteiger partial charge in [-0.3, -0.25) is 0 Å². The van der Waals surface area contributed by atoms with Gasteiger partial charge in [0, 0.05) is 18.7 Å². The van der Waals surface area contributed by atoms with Gasteiger partial charge in [-0.05, 0) is 39.7 Å². The van der Waals surface area contributed by atoms with Crippen LogP contribution in [-0.4, -0.2) is 38.7 Å². The molecule has 0 amide bonds. The average Bonchev–Trinajstić information content (AvgIpc) is 2.73. The van der Waals surface area contributed by atoms with E-state index in [9.17, 15) is 0 Å². The van der Waals surface area contributed by atoms with Crippen LogP contribution in [0.4, 0.5) is 0 Å². The van der Waals surface area contributed by atoms with Gasteiger partial charge >= 0.3 is 0 Å². The van der Waals surface area contributed by atoms with Crippen LogP contribution in [0.15, 0.2) is 16.7 Å². The highest BCUT2D eigenvalue weighted by Gasteiger charge is 2.01. The molecule has 0 saturated carbocycles. The first-order valence-electron chi connectivity index (χ1n) is 6.22. The summed E-state index contributed by atoms with van der Waals surface area (Å²) in [6.07, 6.45) is 2.85. The molecule has 1 aromatic heterocycles. The highest BCUT2D eigenvalue weighted by atomic mass is 16.5. The van der Waals surface area contributed by atoms with Gasteiger partial charge in [-0.25, -0.2) is 0 Å². The van der Waals surface area contributed by atoms with E-state index >= 15 is 0 Å². The van der Waals surface area contributed by atoms with E-state index in [1.165, 1.54) is 5.56 Å². The number of hydrogen-bond donors (Lipinski definition) is 1. The Kier molecular flexibility index (Phi) is 6.93. The first kappa shape index (κ1) is 14.2. The van der Waals surface area contributed by atoms with Gasteiger partial charge in [0.2, 0.25) is 0 Å². The molecule has 0 aliphatic rings. The minimum atomic E-state index is 0.569. The van der Waals surface area contributed by atoms with E-state index in [1.54, 1.807) is 6.26 Å². The Morgan fingerprint density at radius 3 is 2.94 bits per heavy atom. The average molecular weight is 240 g/mol. The third-order valence-corrected chi connectivity index (χ3v) is 2.43. The predicted molar refractivity (Wildman–Crippen MR) is 68.9 cm³/mol. The van der Waals surface area contributed by atoms with Gasteiger partial charge in [-0.15, -0.1) is 0 Å². The molecule has 0 bridgehead atoms. The third kappa shape index (κ3) is 6.46. The molecular weight excluding hydrogens is 216 g/mol. The zero-order chi connectivity index (χ0) is 12.5. The van der Waals surface area contributed by atoms with Crippen LogP contribution in [0, 0.1) is 0 Å². The van der Waals surface area contributed by atoms with Gasteiger partial charge in [-0.1, -0.05) is 6.92 Å². The Balaban J connectivity index is 2.12. The fourth-order valence-electron chi connectivity index (χ4n) is 1.52. The summed E-state index contributed by atoms with van der Waals surface area (Å²) < 4.78 is 11.0. The lowest BCUT2D eigenvalue weighted by Crippen LogP contribution is -2.14. The first-order chi connectivity index (χ1) is 8.22. The fraction of sp³-hybridized carbons (Fsp3) is 0.692. The molecule has 98 valence electrons. The third-order valence-electron chi connectivity index (χ3n) is 2.43. The van der Waals surface area contributed by atoms with Gasteiger partial charge in [0.15, 0.2) is 0 Å². The Bertz CT molecular complexity index is 297. The van der Waals surface area contributed by atoms with Gasteiger partial charge in [0.1, 0.15) is 12.4 Å². The molecular formula is C13H24N2O2. The zero-order valence-corrected chi connectivity index (χ0v) is 11.2. The molecule has 0 spiro atoms. The lowest BCUT2D eigenvalue weighted by atomic mass is 10.3. The molecule has 1 aromatic rings. The Labute approximate surface area is 104 Å². The SMILES string of the molecule is CCNCc1coc(COCCCN(C)C)c1. The van der Waals surface area contributed by atoms with E-state index in [0.29, 0.717) is 6.61 Å². The fourth-order valence-corrected chi connectivity index (χ4v) is 1.52. The molecule has 0 atom stereocenters. The number of furan rings is 1. The second-order valence-electron chi connectivity index (χ2n) is 4.41. The predicted octanol–water partition coefficient (Wildman–Crippen LogP) is 1.86. The van der Waals surface area contributed by atoms with E-state index < -0.39 is 0 Å². The van der Waals surface area contributed by atoms with E-state index in [-0.39, 0.29) is 0 Å². The molecule has 4 heteroatoms. The maximum atomic E-state index is 5.55. The summed E-state index contributed by atoms with van der Waals surface area (Å²) in [6.45, 7) is 6.34. The van der Waals surface area contributed by atoms with Crippen LogP contribution in [0.1, 0.15) is 24.7 Å². The molecule has 0 fully saturated rings. The lowest BCUT2D eigenvalue weighted by molar-refractivity contribution is 0.0994. The largest absolute Gasteiger partial charge is 0.467 e. The summed E-state index contributed by atoms with van der Waals surface area (Å²) in [7, 11) is 4.14. The van der Waals surface area contributed by atoms with Gasteiger partial charge < -0.3 is 19.4 Å². The molecule has 0 aliphatic heterocycles. The van der Waals surface area contributed by atoms with Crippen LogP contribution in [-0.2, 0) is 17.9 Å². The molecule has 0 unspecified atom stereocenters.